The van der Waals surface area contributed by atoms with Crippen molar-refractivity contribution >= 4 is 5.97 Å². The highest BCUT2D eigenvalue weighted by Gasteiger charge is 1.94. The molecule has 0 heterocycles. The third-order valence-electron chi connectivity index (χ3n) is 1.49. The zero-order valence-corrected chi connectivity index (χ0v) is 9.43. The van der Waals surface area contributed by atoms with Crippen molar-refractivity contribution < 1.29 is 9.90 Å². The molecule has 0 unspecified atom stereocenters. The molecule has 0 rings (SSSR count). The van der Waals surface area contributed by atoms with Gasteiger partial charge in [0.2, 0.25) is 0 Å². The van der Waals surface area contributed by atoms with Crippen LogP contribution in [0, 0.1) is 0 Å². The van der Waals surface area contributed by atoms with Gasteiger partial charge in [-0.1, -0.05) is 32.6 Å². The fourth-order valence-corrected chi connectivity index (χ4v) is 0.880. The molecule has 0 saturated carbocycles. The maximum atomic E-state index is 10.0. The Balaban J connectivity index is -0.000000117. The summed E-state index contributed by atoms with van der Waals surface area (Å²) in [4.78, 5) is 10.0. The smallest absolute Gasteiger partial charge is 0.303 e. The molecule has 0 aromatic rings. The van der Waals surface area contributed by atoms with Gasteiger partial charge in [0, 0.05) is 6.42 Å². The Labute approximate surface area is 87.6 Å². The van der Waals surface area contributed by atoms with Crippen LogP contribution in [-0.4, -0.2) is 11.1 Å². The second-order valence-electron chi connectivity index (χ2n) is 2.56. The molecule has 0 atom stereocenters. The van der Waals surface area contributed by atoms with Crippen LogP contribution in [-0.2, 0) is 4.79 Å². The molecular weight excluding hydrogens is 180 g/mol. The van der Waals surface area contributed by atoms with Crippen LogP contribution in [0.25, 0.3) is 0 Å². The van der Waals surface area contributed by atoms with E-state index in [1.54, 1.807) is 0 Å². The Morgan fingerprint density at radius 3 is 1.86 bits per heavy atom. The van der Waals surface area contributed by atoms with Gasteiger partial charge in [-0.05, 0) is 6.42 Å². The minimum atomic E-state index is -0.670. The van der Waals surface area contributed by atoms with Crippen LogP contribution in [0.5, 0.6) is 0 Å². The van der Waals surface area contributed by atoms with Crippen molar-refractivity contribution in [1.29, 1.82) is 0 Å². The fourth-order valence-electron chi connectivity index (χ4n) is 0.880. The Kier molecular flexibility index (Phi) is 37.6. The van der Waals surface area contributed by atoms with Crippen LogP contribution in [0.2, 0.25) is 0 Å². The van der Waals surface area contributed by atoms with Crippen molar-refractivity contribution in [2.45, 2.75) is 45.4 Å². The van der Waals surface area contributed by atoms with E-state index < -0.39 is 5.97 Å². The molecule has 0 aromatic carbocycles. The van der Waals surface area contributed by atoms with E-state index in [4.69, 9.17) is 5.11 Å². The molecular formula is C10H26N2O2. The summed E-state index contributed by atoms with van der Waals surface area (Å²) in [6.07, 6.45) is 5.88. The molecule has 0 aliphatic heterocycles. The summed E-state index contributed by atoms with van der Waals surface area (Å²) in [5.74, 6) is -0.670. The Morgan fingerprint density at radius 1 is 1.07 bits per heavy atom. The maximum Gasteiger partial charge on any atom is 0.303 e. The fraction of sp³-hybridized carbons (Fsp3) is 0.700. The summed E-state index contributed by atoms with van der Waals surface area (Å²) in [6, 6.07) is 0. The van der Waals surface area contributed by atoms with E-state index in [0.717, 1.165) is 12.8 Å². The quantitative estimate of drug-likeness (QED) is 0.456. The maximum absolute atomic E-state index is 10.0. The van der Waals surface area contributed by atoms with Gasteiger partial charge in [0.15, 0.2) is 0 Å². The lowest BCUT2D eigenvalue weighted by Crippen LogP contribution is -1.93. The predicted octanol–water partition coefficient (Wildman–Crippen LogP) is 3.56. The van der Waals surface area contributed by atoms with Gasteiger partial charge in [0.25, 0.3) is 0 Å². The van der Waals surface area contributed by atoms with Crippen LogP contribution < -0.4 is 12.3 Å². The van der Waals surface area contributed by atoms with Crippen molar-refractivity contribution in [1.82, 2.24) is 12.3 Å². The van der Waals surface area contributed by atoms with Crippen LogP contribution in [0.4, 0.5) is 0 Å². The Bertz CT molecular complexity index is 108. The average Bonchev–Trinajstić information content (AvgIpc) is 2.07. The van der Waals surface area contributed by atoms with E-state index in [1.807, 2.05) is 0 Å². The molecule has 0 amide bonds. The van der Waals surface area contributed by atoms with Crippen LogP contribution in [0.15, 0.2) is 13.2 Å². The molecule has 7 N–H and O–H groups in total. The third kappa shape index (κ3) is 30.4. The molecule has 0 aliphatic carbocycles. The first kappa shape index (κ1) is 23.2. The van der Waals surface area contributed by atoms with E-state index >= 15 is 0 Å². The van der Waals surface area contributed by atoms with Gasteiger partial charge in [0.1, 0.15) is 0 Å². The number of carbonyl (C=O) groups is 1. The highest BCUT2D eigenvalue weighted by molar-refractivity contribution is 5.66. The lowest BCUT2D eigenvalue weighted by atomic mass is 10.1. The molecule has 88 valence electrons. The van der Waals surface area contributed by atoms with Gasteiger partial charge in [-0.25, -0.2) is 0 Å². The van der Waals surface area contributed by atoms with Gasteiger partial charge in [-0.3, -0.25) is 4.79 Å². The van der Waals surface area contributed by atoms with Crippen LogP contribution in [0.3, 0.4) is 0 Å². The summed E-state index contributed by atoms with van der Waals surface area (Å²) in [6.45, 7) is 8.15. The summed E-state index contributed by atoms with van der Waals surface area (Å²) >= 11 is 0. The van der Waals surface area contributed by atoms with Gasteiger partial charge >= 0.3 is 5.97 Å². The summed E-state index contributed by atoms with van der Waals surface area (Å²) in [5, 5.41) is 8.27. The Hall–Kier alpha value is -0.870. The lowest BCUT2D eigenvalue weighted by Gasteiger charge is -1.95. The molecule has 0 aromatic heterocycles. The second kappa shape index (κ2) is 22.7. The zero-order chi connectivity index (χ0) is 9.82. The molecule has 14 heavy (non-hydrogen) atoms. The van der Waals surface area contributed by atoms with E-state index in [2.05, 4.69) is 20.1 Å². The topological polar surface area (TPSA) is 107 Å². The number of aliphatic carboxylic acids is 1. The highest BCUT2D eigenvalue weighted by atomic mass is 16.4. The Morgan fingerprint density at radius 2 is 1.50 bits per heavy atom. The number of hydrogen-bond acceptors (Lipinski definition) is 3. The summed E-state index contributed by atoms with van der Waals surface area (Å²) in [7, 11) is 0. The van der Waals surface area contributed by atoms with Crippen LogP contribution in [0.1, 0.15) is 45.4 Å². The largest absolute Gasteiger partial charge is 0.481 e. The monoisotopic (exact) mass is 206 g/mol. The number of unbranched alkanes of at least 4 members (excludes halogenated alkanes) is 4. The van der Waals surface area contributed by atoms with Crippen molar-refractivity contribution in [3.8, 4) is 0 Å². The first-order valence-corrected chi connectivity index (χ1v) is 4.49. The molecule has 0 spiro atoms. The highest BCUT2D eigenvalue weighted by Crippen LogP contribution is 2.04. The van der Waals surface area contributed by atoms with Gasteiger partial charge in [0.05, 0.1) is 0 Å². The first-order valence-electron chi connectivity index (χ1n) is 4.49. The second-order valence-corrected chi connectivity index (χ2v) is 2.56. The number of hydrogen-bond donors (Lipinski definition) is 3. The molecule has 0 aliphatic rings. The lowest BCUT2D eigenvalue weighted by molar-refractivity contribution is -0.137. The molecule has 4 heteroatoms. The van der Waals surface area contributed by atoms with Crippen molar-refractivity contribution in [2.75, 3.05) is 0 Å². The van der Waals surface area contributed by atoms with E-state index in [1.165, 1.54) is 19.3 Å². The van der Waals surface area contributed by atoms with Crippen molar-refractivity contribution in [2.24, 2.45) is 0 Å². The summed E-state index contributed by atoms with van der Waals surface area (Å²) < 4.78 is 0. The van der Waals surface area contributed by atoms with E-state index in [9.17, 15) is 4.79 Å². The minimum absolute atomic E-state index is 0. The third-order valence-corrected chi connectivity index (χ3v) is 1.49. The zero-order valence-electron chi connectivity index (χ0n) is 9.43. The van der Waals surface area contributed by atoms with Crippen molar-refractivity contribution in [3.05, 3.63) is 13.2 Å². The number of carboxylic acid groups (broad SMARTS) is 1. The van der Waals surface area contributed by atoms with Gasteiger partial charge in [-0.15, -0.1) is 13.2 Å². The molecule has 0 saturated heterocycles. The first-order chi connectivity index (χ1) is 5.77. The standard InChI is InChI=1S/C8H16O2.C2H4.2H3N/c1-2-3-4-5-6-7-8(9)10;1-2;;/h2-7H2,1H3,(H,9,10);1-2H2;2*1H3. The van der Waals surface area contributed by atoms with E-state index in [0.29, 0.717) is 6.42 Å². The number of rotatable bonds is 6. The van der Waals surface area contributed by atoms with Gasteiger partial charge in [-0.2, -0.15) is 0 Å². The minimum Gasteiger partial charge on any atom is -0.481 e. The van der Waals surface area contributed by atoms with Gasteiger partial charge < -0.3 is 17.4 Å². The van der Waals surface area contributed by atoms with Crippen molar-refractivity contribution in [3.63, 3.8) is 0 Å². The van der Waals surface area contributed by atoms with E-state index in [-0.39, 0.29) is 12.3 Å². The number of carboxylic acids is 1. The normalized spacial score (nSPS) is 7.21. The SMILES string of the molecule is C=C.CCCCCCCC(=O)O.N.N. The average molecular weight is 206 g/mol. The predicted molar refractivity (Wildman–Crippen MR) is 62.3 cm³/mol. The molecule has 0 radical (unpaired) electrons. The molecule has 4 nitrogen and oxygen atoms in total. The van der Waals surface area contributed by atoms with Crippen LogP contribution >= 0.6 is 0 Å². The molecule has 0 bridgehead atoms. The molecule has 0 fully saturated rings. The summed E-state index contributed by atoms with van der Waals surface area (Å²) in [5.41, 5.74) is 0.